The van der Waals surface area contributed by atoms with Crippen molar-refractivity contribution in [2.75, 3.05) is 5.32 Å². The second kappa shape index (κ2) is 4.47. The van der Waals surface area contributed by atoms with Crippen molar-refractivity contribution in [3.05, 3.63) is 5.01 Å². The van der Waals surface area contributed by atoms with Gasteiger partial charge in [0.05, 0.1) is 6.04 Å². The molecule has 1 aromatic heterocycles. The molecule has 0 aromatic carbocycles. The quantitative estimate of drug-likeness (QED) is 0.785. The number of amides is 1. The molecule has 0 aliphatic heterocycles. The number of nitrogens with zero attached hydrogens (tertiary/aromatic N) is 2. The van der Waals surface area contributed by atoms with Crippen molar-refractivity contribution in [3.8, 4) is 0 Å². The molecule has 0 saturated carbocycles. The first-order valence-corrected chi connectivity index (χ1v) is 5.22. The molecule has 0 radical (unpaired) electrons. The Kier molecular flexibility index (Phi) is 3.54. The summed E-state index contributed by atoms with van der Waals surface area (Å²) in [6, 6.07) is -0.526. The van der Waals surface area contributed by atoms with Gasteiger partial charge in [0.15, 0.2) is 0 Å². The normalized spacial score (nSPS) is 12.9. The van der Waals surface area contributed by atoms with Gasteiger partial charge in [0.2, 0.25) is 11.0 Å². The van der Waals surface area contributed by atoms with Crippen LogP contribution >= 0.6 is 11.3 Å². The lowest BCUT2D eigenvalue weighted by atomic mass is 10.2. The zero-order valence-electron chi connectivity index (χ0n) is 8.44. The van der Waals surface area contributed by atoms with Gasteiger partial charge in [0.25, 0.3) is 0 Å². The molecule has 0 fully saturated rings. The molecule has 0 aliphatic rings. The molecule has 5 nitrogen and oxygen atoms in total. The third kappa shape index (κ3) is 2.74. The first-order valence-electron chi connectivity index (χ1n) is 4.40. The Morgan fingerprint density at radius 2 is 2.07 bits per heavy atom. The van der Waals surface area contributed by atoms with E-state index < -0.39 is 6.04 Å². The summed E-state index contributed by atoms with van der Waals surface area (Å²) in [5.41, 5.74) is 5.39. The Morgan fingerprint density at radius 1 is 1.43 bits per heavy atom. The minimum absolute atomic E-state index is 0.239. The van der Waals surface area contributed by atoms with Crippen LogP contribution in [0.25, 0.3) is 0 Å². The van der Waals surface area contributed by atoms with E-state index in [0.29, 0.717) is 11.0 Å². The number of rotatable bonds is 3. The van der Waals surface area contributed by atoms with Crippen molar-refractivity contribution in [1.29, 1.82) is 0 Å². The lowest BCUT2D eigenvalue weighted by Gasteiger charge is -2.02. The van der Waals surface area contributed by atoms with Crippen LogP contribution in [0.1, 0.15) is 31.7 Å². The molecule has 0 aliphatic carbocycles. The van der Waals surface area contributed by atoms with Crippen molar-refractivity contribution in [1.82, 2.24) is 10.2 Å². The number of anilines is 1. The maximum absolute atomic E-state index is 11.2. The molecule has 1 aromatic rings. The molecule has 6 heteroatoms. The van der Waals surface area contributed by atoms with Crippen molar-refractivity contribution in [2.24, 2.45) is 5.73 Å². The number of hydrogen-bond acceptors (Lipinski definition) is 5. The van der Waals surface area contributed by atoms with E-state index in [2.05, 4.69) is 15.5 Å². The Labute approximate surface area is 86.7 Å². The number of aromatic nitrogens is 2. The fraction of sp³-hybridized carbons (Fsp3) is 0.625. The van der Waals surface area contributed by atoms with Gasteiger partial charge in [0.1, 0.15) is 5.01 Å². The van der Waals surface area contributed by atoms with Gasteiger partial charge in [-0.05, 0) is 6.92 Å². The van der Waals surface area contributed by atoms with Gasteiger partial charge in [-0.2, -0.15) is 0 Å². The largest absolute Gasteiger partial charge is 0.320 e. The zero-order chi connectivity index (χ0) is 10.7. The summed E-state index contributed by atoms with van der Waals surface area (Å²) in [5.74, 6) is 0.0879. The summed E-state index contributed by atoms with van der Waals surface area (Å²) in [4.78, 5) is 11.2. The first-order chi connectivity index (χ1) is 6.50. The average Bonchev–Trinajstić information content (AvgIpc) is 2.52. The van der Waals surface area contributed by atoms with Crippen LogP contribution in [0.3, 0.4) is 0 Å². The van der Waals surface area contributed by atoms with Crippen molar-refractivity contribution >= 4 is 22.4 Å². The Morgan fingerprint density at radius 3 is 2.50 bits per heavy atom. The third-order valence-electron chi connectivity index (χ3n) is 1.58. The first kappa shape index (κ1) is 11.1. The van der Waals surface area contributed by atoms with Crippen LogP contribution in [0.4, 0.5) is 5.13 Å². The molecule has 14 heavy (non-hydrogen) atoms. The molecule has 0 bridgehead atoms. The number of nitrogens with one attached hydrogen (secondary N) is 1. The monoisotopic (exact) mass is 214 g/mol. The van der Waals surface area contributed by atoms with Crippen molar-refractivity contribution in [3.63, 3.8) is 0 Å². The minimum atomic E-state index is -0.526. The van der Waals surface area contributed by atoms with Crippen molar-refractivity contribution in [2.45, 2.75) is 32.7 Å². The molecule has 1 rings (SSSR count). The second-order valence-corrected chi connectivity index (χ2v) is 4.39. The highest BCUT2D eigenvalue weighted by atomic mass is 32.1. The van der Waals surface area contributed by atoms with Crippen LogP contribution in [-0.4, -0.2) is 22.1 Å². The summed E-state index contributed by atoms with van der Waals surface area (Å²) in [5, 5.41) is 11.8. The lowest BCUT2D eigenvalue weighted by molar-refractivity contribution is -0.117. The molecule has 0 spiro atoms. The molecule has 1 amide bonds. The molecule has 3 N–H and O–H groups in total. The number of nitrogens with two attached hydrogens (primary N) is 1. The van der Waals surface area contributed by atoms with Crippen LogP contribution < -0.4 is 11.1 Å². The summed E-state index contributed by atoms with van der Waals surface area (Å²) in [6.07, 6.45) is 0. The zero-order valence-corrected chi connectivity index (χ0v) is 9.26. The molecule has 0 saturated heterocycles. The highest BCUT2D eigenvalue weighted by Gasteiger charge is 2.12. The fourth-order valence-electron chi connectivity index (χ4n) is 0.738. The highest BCUT2D eigenvalue weighted by molar-refractivity contribution is 7.15. The average molecular weight is 214 g/mol. The summed E-state index contributed by atoms with van der Waals surface area (Å²) in [7, 11) is 0. The summed E-state index contributed by atoms with van der Waals surface area (Å²) in [6.45, 7) is 5.68. The molecule has 1 heterocycles. The predicted octanol–water partition coefficient (Wildman–Crippen LogP) is 0.947. The van der Waals surface area contributed by atoms with E-state index in [4.69, 9.17) is 5.73 Å². The van der Waals surface area contributed by atoms with Crippen LogP contribution in [0, 0.1) is 0 Å². The molecule has 0 unspecified atom stereocenters. The van der Waals surface area contributed by atoms with Gasteiger partial charge >= 0.3 is 0 Å². The molecule has 1 atom stereocenters. The smallest absolute Gasteiger partial charge is 0.242 e. The van der Waals surface area contributed by atoms with Gasteiger partial charge in [-0.1, -0.05) is 25.2 Å². The van der Waals surface area contributed by atoms with Crippen LogP contribution in [-0.2, 0) is 4.79 Å². The van der Waals surface area contributed by atoms with Gasteiger partial charge in [-0.15, -0.1) is 10.2 Å². The highest BCUT2D eigenvalue weighted by Crippen LogP contribution is 2.22. The number of carbonyl (C=O) groups is 1. The standard InChI is InChI=1S/C8H14N4OS/c1-4(2)7-11-12-8(14-7)10-6(13)5(3)9/h4-5H,9H2,1-3H3,(H,10,12,13)/t5-/m0/s1. The van der Waals surface area contributed by atoms with Gasteiger partial charge in [0, 0.05) is 5.92 Å². The Bertz CT molecular complexity index is 321. The van der Waals surface area contributed by atoms with Crippen molar-refractivity contribution < 1.29 is 4.79 Å². The summed E-state index contributed by atoms with van der Waals surface area (Å²) < 4.78 is 0. The summed E-state index contributed by atoms with van der Waals surface area (Å²) >= 11 is 1.38. The topological polar surface area (TPSA) is 80.9 Å². The number of carbonyl (C=O) groups excluding carboxylic acids is 1. The molecular formula is C8H14N4OS. The predicted molar refractivity (Wildman–Crippen MR) is 56.3 cm³/mol. The minimum Gasteiger partial charge on any atom is -0.320 e. The lowest BCUT2D eigenvalue weighted by Crippen LogP contribution is -2.32. The van der Waals surface area contributed by atoms with Crippen LogP contribution in [0.5, 0.6) is 0 Å². The van der Waals surface area contributed by atoms with Crippen LogP contribution in [0.15, 0.2) is 0 Å². The van der Waals surface area contributed by atoms with E-state index in [1.165, 1.54) is 11.3 Å². The van der Waals surface area contributed by atoms with Gasteiger partial charge in [-0.25, -0.2) is 0 Å². The maximum atomic E-state index is 11.2. The van der Waals surface area contributed by atoms with E-state index >= 15 is 0 Å². The Balaban J connectivity index is 2.64. The van der Waals surface area contributed by atoms with Crippen LogP contribution in [0.2, 0.25) is 0 Å². The SMILES string of the molecule is CC(C)c1nnc(NC(=O)[C@H](C)N)s1. The van der Waals surface area contributed by atoms with E-state index in [-0.39, 0.29) is 5.91 Å². The molecule has 78 valence electrons. The fourth-order valence-corrected chi connectivity index (χ4v) is 1.49. The molecular weight excluding hydrogens is 200 g/mol. The maximum Gasteiger partial charge on any atom is 0.242 e. The van der Waals surface area contributed by atoms with E-state index in [0.717, 1.165) is 5.01 Å². The number of hydrogen-bond donors (Lipinski definition) is 2. The van der Waals surface area contributed by atoms with Gasteiger partial charge < -0.3 is 5.73 Å². The second-order valence-electron chi connectivity index (χ2n) is 3.38. The third-order valence-corrected chi connectivity index (χ3v) is 2.72. The van der Waals surface area contributed by atoms with E-state index in [9.17, 15) is 4.79 Å². The van der Waals surface area contributed by atoms with E-state index in [1.807, 2.05) is 13.8 Å². The van der Waals surface area contributed by atoms with Gasteiger partial charge in [-0.3, -0.25) is 10.1 Å². The van der Waals surface area contributed by atoms with E-state index in [1.54, 1.807) is 6.92 Å². The Hall–Kier alpha value is -1.01.